The molecule has 0 unspecified atom stereocenters. The van der Waals surface area contributed by atoms with E-state index < -0.39 is 11.4 Å². The summed E-state index contributed by atoms with van der Waals surface area (Å²) in [5, 5.41) is 9.03. The highest BCUT2D eigenvalue weighted by molar-refractivity contribution is 5.69. The normalized spacial score (nSPS) is 11.2. The molecule has 5 heteroatoms. The van der Waals surface area contributed by atoms with Crippen molar-refractivity contribution in [2.45, 2.75) is 32.3 Å². The maximum absolute atomic E-state index is 11.0. The molecule has 0 saturated heterocycles. The van der Waals surface area contributed by atoms with Crippen LogP contribution in [0.25, 0.3) is 0 Å². The van der Waals surface area contributed by atoms with Gasteiger partial charge in [0.05, 0.1) is 27.2 Å². The third-order valence-corrected chi connectivity index (χ3v) is 3.23. The largest absolute Gasteiger partial charge is 0.493 e. The lowest BCUT2D eigenvalue weighted by molar-refractivity contribution is -0.138. The van der Waals surface area contributed by atoms with Gasteiger partial charge in [0.1, 0.15) is 0 Å². The summed E-state index contributed by atoms with van der Waals surface area (Å²) < 4.78 is 15.9. The molecule has 0 aliphatic heterocycles. The first-order valence-electron chi connectivity index (χ1n) is 6.31. The van der Waals surface area contributed by atoms with E-state index in [1.807, 2.05) is 26.0 Å². The Morgan fingerprint density at radius 1 is 1.20 bits per heavy atom. The summed E-state index contributed by atoms with van der Waals surface area (Å²) in [6.45, 7) is 4.15. The summed E-state index contributed by atoms with van der Waals surface area (Å²) in [6, 6.07) is 3.73. The number of carboxylic acid groups (broad SMARTS) is 1. The molecular weight excluding hydrogens is 260 g/mol. The topological polar surface area (TPSA) is 65.0 Å². The Morgan fingerprint density at radius 3 is 2.30 bits per heavy atom. The van der Waals surface area contributed by atoms with Crippen LogP contribution in [0.1, 0.15) is 31.4 Å². The van der Waals surface area contributed by atoms with Crippen molar-refractivity contribution < 1.29 is 24.1 Å². The first-order chi connectivity index (χ1) is 9.35. The molecule has 5 nitrogen and oxygen atoms in total. The Morgan fingerprint density at radius 2 is 1.85 bits per heavy atom. The summed E-state index contributed by atoms with van der Waals surface area (Å²) >= 11 is 0. The second-order valence-corrected chi connectivity index (χ2v) is 5.26. The lowest BCUT2D eigenvalue weighted by Gasteiger charge is -2.25. The standard InChI is InChI=1S/C15H22O5/c1-15(2,8-13(16)17)11-6-10(9-18-3)14(20-5)12(7-11)19-4/h6-7H,8-9H2,1-5H3,(H,16,17). The molecule has 1 aromatic carbocycles. The second kappa shape index (κ2) is 6.61. The van der Waals surface area contributed by atoms with E-state index in [2.05, 4.69) is 0 Å². The Labute approximate surface area is 119 Å². The summed E-state index contributed by atoms with van der Waals surface area (Å²) in [6.07, 6.45) is 0.0366. The maximum Gasteiger partial charge on any atom is 0.304 e. The number of rotatable bonds is 7. The third-order valence-electron chi connectivity index (χ3n) is 3.23. The Hall–Kier alpha value is -1.75. The summed E-state index contributed by atoms with van der Waals surface area (Å²) in [5.74, 6) is 0.359. The highest BCUT2D eigenvalue weighted by atomic mass is 16.5. The van der Waals surface area contributed by atoms with Gasteiger partial charge in [-0.2, -0.15) is 0 Å². The van der Waals surface area contributed by atoms with Crippen LogP contribution in [-0.2, 0) is 21.6 Å². The minimum absolute atomic E-state index is 0.0366. The van der Waals surface area contributed by atoms with Gasteiger partial charge in [-0.15, -0.1) is 0 Å². The second-order valence-electron chi connectivity index (χ2n) is 5.26. The molecular formula is C15H22O5. The number of hydrogen-bond donors (Lipinski definition) is 1. The van der Waals surface area contributed by atoms with Crippen LogP contribution in [0.5, 0.6) is 11.5 Å². The van der Waals surface area contributed by atoms with Crippen molar-refractivity contribution in [2.75, 3.05) is 21.3 Å². The van der Waals surface area contributed by atoms with Crippen molar-refractivity contribution in [2.24, 2.45) is 0 Å². The molecule has 1 N–H and O–H groups in total. The average Bonchev–Trinajstić information content (AvgIpc) is 2.36. The van der Waals surface area contributed by atoms with Gasteiger partial charge in [-0.05, 0) is 17.7 Å². The van der Waals surface area contributed by atoms with Crippen molar-refractivity contribution in [1.29, 1.82) is 0 Å². The van der Waals surface area contributed by atoms with E-state index in [9.17, 15) is 4.79 Å². The highest BCUT2D eigenvalue weighted by Crippen LogP contribution is 2.38. The summed E-state index contributed by atoms with van der Waals surface area (Å²) in [4.78, 5) is 11.0. The van der Waals surface area contributed by atoms with Crippen LogP contribution >= 0.6 is 0 Å². The van der Waals surface area contributed by atoms with Gasteiger partial charge in [-0.1, -0.05) is 13.8 Å². The first kappa shape index (κ1) is 16.3. The fraction of sp³-hybridized carbons (Fsp3) is 0.533. The van der Waals surface area contributed by atoms with Crippen LogP contribution in [0.4, 0.5) is 0 Å². The lowest BCUT2D eigenvalue weighted by Crippen LogP contribution is -2.22. The molecule has 0 aromatic heterocycles. The molecule has 0 aliphatic rings. The van der Waals surface area contributed by atoms with Gasteiger partial charge in [0.25, 0.3) is 0 Å². The van der Waals surface area contributed by atoms with Gasteiger partial charge < -0.3 is 19.3 Å². The molecule has 0 radical (unpaired) electrons. The predicted molar refractivity (Wildman–Crippen MR) is 75.5 cm³/mol. The highest BCUT2D eigenvalue weighted by Gasteiger charge is 2.27. The predicted octanol–water partition coefficient (Wildman–Crippen LogP) is 2.60. The molecule has 20 heavy (non-hydrogen) atoms. The Kier molecular flexibility index (Phi) is 5.39. The van der Waals surface area contributed by atoms with Crippen LogP contribution < -0.4 is 9.47 Å². The number of methoxy groups -OCH3 is 3. The number of benzene rings is 1. The van der Waals surface area contributed by atoms with Gasteiger partial charge in [0.15, 0.2) is 11.5 Å². The van der Waals surface area contributed by atoms with E-state index in [4.69, 9.17) is 19.3 Å². The van der Waals surface area contributed by atoms with Crippen molar-refractivity contribution >= 4 is 5.97 Å². The van der Waals surface area contributed by atoms with Gasteiger partial charge in [0, 0.05) is 18.1 Å². The fourth-order valence-corrected chi connectivity index (χ4v) is 2.18. The zero-order chi connectivity index (χ0) is 15.3. The van der Waals surface area contributed by atoms with Crippen molar-refractivity contribution in [3.63, 3.8) is 0 Å². The molecule has 0 heterocycles. The van der Waals surface area contributed by atoms with E-state index >= 15 is 0 Å². The Balaban J connectivity index is 3.34. The molecule has 1 aromatic rings. The molecule has 0 spiro atoms. The van der Waals surface area contributed by atoms with Crippen LogP contribution in [0.2, 0.25) is 0 Å². The fourth-order valence-electron chi connectivity index (χ4n) is 2.18. The van der Waals surface area contributed by atoms with E-state index in [0.29, 0.717) is 18.1 Å². The summed E-state index contributed by atoms with van der Waals surface area (Å²) in [7, 11) is 4.72. The van der Waals surface area contributed by atoms with E-state index in [0.717, 1.165) is 11.1 Å². The van der Waals surface area contributed by atoms with E-state index in [1.54, 1.807) is 21.3 Å². The number of hydrogen-bond acceptors (Lipinski definition) is 4. The monoisotopic (exact) mass is 282 g/mol. The Bertz CT molecular complexity index is 479. The van der Waals surface area contributed by atoms with Gasteiger partial charge in [-0.25, -0.2) is 0 Å². The van der Waals surface area contributed by atoms with Gasteiger partial charge >= 0.3 is 5.97 Å². The molecule has 1 rings (SSSR count). The average molecular weight is 282 g/mol. The number of aliphatic carboxylic acids is 1. The number of ether oxygens (including phenoxy) is 3. The van der Waals surface area contributed by atoms with Crippen LogP contribution in [0.15, 0.2) is 12.1 Å². The SMILES string of the molecule is COCc1cc(C(C)(C)CC(=O)O)cc(OC)c1OC. The van der Waals surface area contributed by atoms with Crippen molar-refractivity contribution in [3.05, 3.63) is 23.3 Å². The quantitative estimate of drug-likeness (QED) is 0.832. The lowest BCUT2D eigenvalue weighted by atomic mass is 9.80. The van der Waals surface area contributed by atoms with Crippen molar-refractivity contribution in [3.8, 4) is 11.5 Å². The number of carboxylic acids is 1. The molecule has 0 fully saturated rings. The molecule has 0 saturated carbocycles. The van der Waals surface area contributed by atoms with Crippen LogP contribution in [0, 0.1) is 0 Å². The molecule has 0 amide bonds. The van der Waals surface area contributed by atoms with E-state index in [-0.39, 0.29) is 6.42 Å². The third kappa shape index (κ3) is 3.63. The van der Waals surface area contributed by atoms with E-state index in [1.165, 1.54) is 0 Å². The van der Waals surface area contributed by atoms with Crippen LogP contribution in [-0.4, -0.2) is 32.4 Å². The molecule has 112 valence electrons. The zero-order valence-corrected chi connectivity index (χ0v) is 12.6. The molecule has 0 atom stereocenters. The van der Waals surface area contributed by atoms with Gasteiger partial charge in [0.2, 0.25) is 0 Å². The molecule has 0 aliphatic carbocycles. The zero-order valence-electron chi connectivity index (χ0n) is 12.6. The van der Waals surface area contributed by atoms with Crippen LogP contribution in [0.3, 0.4) is 0 Å². The van der Waals surface area contributed by atoms with Gasteiger partial charge in [-0.3, -0.25) is 4.79 Å². The van der Waals surface area contributed by atoms with Crippen molar-refractivity contribution in [1.82, 2.24) is 0 Å². The minimum atomic E-state index is -0.835. The summed E-state index contributed by atoms with van der Waals surface area (Å²) in [5.41, 5.74) is 1.21. The smallest absolute Gasteiger partial charge is 0.304 e. The molecule has 0 bridgehead atoms. The number of carbonyl (C=O) groups is 1. The first-order valence-corrected chi connectivity index (χ1v) is 6.31. The maximum atomic E-state index is 11.0. The minimum Gasteiger partial charge on any atom is -0.493 e.